The standard InChI is InChI=1S/C22H20Cl2FNO2/c1-14-7-8-17(23)11-20(14)26-12-15-9-18(24)22(21(10-15)27-2)28-13-16-5-3-4-6-19(16)25/h3-11,26H,12-13H2,1-2H3. The molecule has 0 aliphatic heterocycles. The summed E-state index contributed by atoms with van der Waals surface area (Å²) < 4.78 is 25.0. The van der Waals surface area contributed by atoms with Crippen LogP contribution in [0.4, 0.5) is 10.1 Å². The molecule has 28 heavy (non-hydrogen) atoms. The maximum atomic E-state index is 13.8. The molecule has 146 valence electrons. The van der Waals surface area contributed by atoms with E-state index in [-0.39, 0.29) is 12.4 Å². The third kappa shape index (κ3) is 4.89. The van der Waals surface area contributed by atoms with Crippen molar-refractivity contribution in [3.63, 3.8) is 0 Å². The number of rotatable bonds is 7. The molecule has 6 heteroatoms. The van der Waals surface area contributed by atoms with Crippen LogP contribution >= 0.6 is 23.2 Å². The van der Waals surface area contributed by atoms with E-state index in [0.717, 1.165) is 16.8 Å². The molecule has 0 heterocycles. The van der Waals surface area contributed by atoms with Gasteiger partial charge in [-0.1, -0.05) is 47.5 Å². The Morgan fingerprint density at radius 3 is 2.57 bits per heavy atom. The number of benzene rings is 3. The van der Waals surface area contributed by atoms with E-state index in [1.54, 1.807) is 31.4 Å². The van der Waals surface area contributed by atoms with Crippen molar-refractivity contribution < 1.29 is 13.9 Å². The van der Waals surface area contributed by atoms with E-state index in [1.165, 1.54) is 6.07 Å². The highest BCUT2D eigenvalue weighted by Gasteiger charge is 2.13. The summed E-state index contributed by atoms with van der Waals surface area (Å²) in [5, 5.41) is 4.41. The summed E-state index contributed by atoms with van der Waals surface area (Å²) in [6.07, 6.45) is 0. The zero-order chi connectivity index (χ0) is 20.1. The molecule has 0 saturated heterocycles. The second-order valence-corrected chi connectivity index (χ2v) is 7.15. The molecule has 1 N–H and O–H groups in total. The van der Waals surface area contributed by atoms with Crippen LogP contribution in [0.15, 0.2) is 54.6 Å². The fraction of sp³-hybridized carbons (Fsp3) is 0.182. The molecule has 0 bridgehead atoms. The molecule has 0 saturated carbocycles. The van der Waals surface area contributed by atoms with E-state index < -0.39 is 0 Å². The summed E-state index contributed by atoms with van der Waals surface area (Å²) in [5.74, 6) is 0.550. The van der Waals surface area contributed by atoms with Crippen molar-refractivity contribution in [2.45, 2.75) is 20.1 Å². The van der Waals surface area contributed by atoms with Crippen molar-refractivity contribution in [2.75, 3.05) is 12.4 Å². The van der Waals surface area contributed by atoms with Gasteiger partial charge in [0.05, 0.1) is 12.1 Å². The third-order valence-corrected chi connectivity index (χ3v) is 4.82. The van der Waals surface area contributed by atoms with Crippen molar-refractivity contribution in [3.05, 3.63) is 87.2 Å². The van der Waals surface area contributed by atoms with Crippen LogP contribution in [0.3, 0.4) is 0 Å². The van der Waals surface area contributed by atoms with E-state index in [0.29, 0.717) is 33.7 Å². The molecule has 0 spiro atoms. The van der Waals surface area contributed by atoms with Gasteiger partial charge in [0.1, 0.15) is 12.4 Å². The topological polar surface area (TPSA) is 30.5 Å². The Kier molecular flexibility index (Phi) is 6.65. The van der Waals surface area contributed by atoms with Gasteiger partial charge in [0.25, 0.3) is 0 Å². The lowest BCUT2D eigenvalue weighted by Gasteiger charge is -2.16. The van der Waals surface area contributed by atoms with Crippen molar-refractivity contribution in [1.82, 2.24) is 0 Å². The van der Waals surface area contributed by atoms with E-state index in [2.05, 4.69) is 5.32 Å². The summed E-state index contributed by atoms with van der Waals surface area (Å²) in [5.41, 5.74) is 3.40. The zero-order valence-corrected chi connectivity index (χ0v) is 17.1. The summed E-state index contributed by atoms with van der Waals surface area (Å²) in [7, 11) is 1.54. The van der Waals surface area contributed by atoms with E-state index >= 15 is 0 Å². The van der Waals surface area contributed by atoms with Crippen molar-refractivity contribution in [3.8, 4) is 11.5 Å². The Hall–Kier alpha value is -2.43. The van der Waals surface area contributed by atoms with Crippen molar-refractivity contribution >= 4 is 28.9 Å². The number of hydrogen-bond acceptors (Lipinski definition) is 3. The lowest BCUT2D eigenvalue weighted by molar-refractivity contribution is 0.280. The number of hydrogen-bond donors (Lipinski definition) is 1. The summed E-state index contributed by atoms with van der Waals surface area (Å²) in [6.45, 7) is 2.60. The van der Waals surface area contributed by atoms with Crippen LogP contribution in [0.25, 0.3) is 0 Å². The van der Waals surface area contributed by atoms with Gasteiger partial charge < -0.3 is 14.8 Å². The second-order valence-electron chi connectivity index (χ2n) is 6.30. The van der Waals surface area contributed by atoms with Gasteiger partial charge in [0.2, 0.25) is 0 Å². The quantitative estimate of drug-likeness (QED) is 0.465. The molecule has 0 atom stereocenters. The number of halogens is 3. The van der Waals surface area contributed by atoms with Crippen LogP contribution in [-0.2, 0) is 13.2 Å². The van der Waals surface area contributed by atoms with Crippen LogP contribution in [0.2, 0.25) is 10.0 Å². The lowest BCUT2D eigenvalue weighted by atomic mass is 10.1. The van der Waals surface area contributed by atoms with Crippen molar-refractivity contribution in [2.24, 2.45) is 0 Å². The molecular formula is C22H20Cl2FNO2. The van der Waals surface area contributed by atoms with Crippen LogP contribution in [0.5, 0.6) is 11.5 Å². The molecule has 3 nitrogen and oxygen atoms in total. The van der Waals surface area contributed by atoms with Gasteiger partial charge in [-0.3, -0.25) is 0 Å². The maximum absolute atomic E-state index is 13.8. The smallest absolute Gasteiger partial charge is 0.180 e. The molecule has 0 unspecified atom stereocenters. The summed E-state index contributed by atoms with van der Waals surface area (Å²) in [6, 6.07) is 15.8. The number of anilines is 1. The van der Waals surface area contributed by atoms with Gasteiger partial charge in [0, 0.05) is 22.8 Å². The van der Waals surface area contributed by atoms with E-state index in [9.17, 15) is 4.39 Å². The highest BCUT2D eigenvalue weighted by Crippen LogP contribution is 2.37. The minimum atomic E-state index is -0.324. The molecule has 0 aromatic heterocycles. The van der Waals surface area contributed by atoms with Gasteiger partial charge in [-0.05, 0) is 48.4 Å². The minimum Gasteiger partial charge on any atom is -0.493 e. The first kappa shape index (κ1) is 20.3. The third-order valence-electron chi connectivity index (χ3n) is 4.30. The lowest BCUT2D eigenvalue weighted by Crippen LogP contribution is -2.04. The predicted octanol–water partition coefficient (Wildman–Crippen LogP) is 6.64. The van der Waals surface area contributed by atoms with Gasteiger partial charge in [-0.15, -0.1) is 0 Å². The first-order valence-corrected chi connectivity index (χ1v) is 9.46. The second kappa shape index (κ2) is 9.18. The number of aryl methyl sites for hydroxylation is 1. The van der Waals surface area contributed by atoms with Crippen molar-refractivity contribution in [1.29, 1.82) is 0 Å². The van der Waals surface area contributed by atoms with Crippen LogP contribution < -0.4 is 14.8 Å². The average Bonchev–Trinajstić information content (AvgIpc) is 2.68. The molecule has 0 fully saturated rings. The highest BCUT2D eigenvalue weighted by atomic mass is 35.5. The normalized spacial score (nSPS) is 10.6. The molecular weight excluding hydrogens is 400 g/mol. The van der Waals surface area contributed by atoms with Crippen LogP contribution in [0.1, 0.15) is 16.7 Å². The first-order valence-electron chi connectivity index (χ1n) is 8.70. The summed E-state index contributed by atoms with van der Waals surface area (Å²) >= 11 is 12.5. The molecule has 0 amide bonds. The zero-order valence-electron chi connectivity index (χ0n) is 15.6. The molecule has 3 aromatic rings. The molecule has 0 aliphatic carbocycles. The highest BCUT2D eigenvalue weighted by molar-refractivity contribution is 6.32. The maximum Gasteiger partial charge on any atom is 0.180 e. The monoisotopic (exact) mass is 419 g/mol. The largest absolute Gasteiger partial charge is 0.493 e. The number of nitrogens with one attached hydrogen (secondary N) is 1. The van der Waals surface area contributed by atoms with Gasteiger partial charge >= 0.3 is 0 Å². The molecule has 3 aromatic carbocycles. The van der Waals surface area contributed by atoms with E-state index in [4.69, 9.17) is 32.7 Å². The fourth-order valence-electron chi connectivity index (χ4n) is 2.76. The SMILES string of the molecule is COc1cc(CNc2cc(Cl)ccc2C)cc(Cl)c1OCc1ccccc1F. The van der Waals surface area contributed by atoms with Crippen LogP contribution in [0, 0.1) is 12.7 Å². The Labute approximate surface area is 174 Å². The van der Waals surface area contributed by atoms with Crippen LogP contribution in [-0.4, -0.2) is 7.11 Å². The van der Waals surface area contributed by atoms with Gasteiger partial charge in [-0.25, -0.2) is 4.39 Å². The Balaban J connectivity index is 1.75. The first-order chi connectivity index (χ1) is 13.5. The summed E-state index contributed by atoms with van der Waals surface area (Å²) in [4.78, 5) is 0. The Morgan fingerprint density at radius 1 is 1.04 bits per heavy atom. The van der Waals surface area contributed by atoms with Gasteiger partial charge in [-0.2, -0.15) is 0 Å². The van der Waals surface area contributed by atoms with E-state index in [1.807, 2.05) is 31.2 Å². The molecule has 3 rings (SSSR count). The molecule has 0 radical (unpaired) electrons. The molecule has 0 aliphatic rings. The average molecular weight is 420 g/mol. The number of methoxy groups -OCH3 is 1. The van der Waals surface area contributed by atoms with Gasteiger partial charge in [0.15, 0.2) is 11.5 Å². The Bertz CT molecular complexity index is 979. The predicted molar refractivity (Wildman–Crippen MR) is 112 cm³/mol. The Morgan fingerprint density at radius 2 is 1.82 bits per heavy atom. The fourth-order valence-corrected chi connectivity index (χ4v) is 3.22. The minimum absolute atomic E-state index is 0.0576. The number of ether oxygens (including phenoxy) is 2.